The molecule has 0 atom stereocenters. The van der Waals surface area contributed by atoms with Crippen LogP contribution in [0, 0.1) is 0 Å². The minimum atomic E-state index is -4.14. The molecule has 156 valence electrons. The van der Waals surface area contributed by atoms with Crippen LogP contribution < -0.4 is 0 Å². The van der Waals surface area contributed by atoms with Gasteiger partial charge in [-0.25, -0.2) is 8.42 Å². The third-order valence-corrected chi connectivity index (χ3v) is 6.69. The Bertz CT molecular complexity index is 1290. The summed E-state index contributed by atoms with van der Waals surface area (Å²) < 4.78 is 27.5. The molecule has 0 amide bonds. The Morgan fingerprint density at radius 1 is 0.484 bits per heavy atom. The highest BCUT2D eigenvalue weighted by atomic mass is 32.2. The molecular weight excluding hydrogens is 416 g/mol. The Kier molecular flexibility index (Phi) is 5.04. The molecule has 31 heavy (non-hydrogen) atoms. The fraction of sp³-hybridized carbons (Fsp3) is 0. The zero-order valence-corrected chi connectivity index (χ0v) is 16.9. The van der Waals surface area contributed by atoms with Crippen LogP contribution in [0.1, 0.15) is 0 Å². The van der Waals surface area contributed by atoms with Crippen LogP contribution in [-0.4, -0.2) is 28.8 Å². The van der Waals surface area contributed by atoms with Crippen molar-refractivity contribution < 1.29 is 28.8 Å². The minimum absolute atomic E-state index is 0.0470. The molecule has 4 N–H and O–H groups in total. The van der Waals surface area contributed by atoms with E-state index in [0.29, 0.717) is 11.1 Å². The summed E-state index contributed by atoms with van der Waals surface area (Å²) in [4.78, 5) is -0.161. The van der Waals surface area contributed by atoms with Crippen LogP contribution in [0.4, 0.5) is 0 Å². The fourth-order valence-corrected chi connectivity index (χ4v) is 5.09. The van der Waals surface area contributed by atoms with Gasteiger partial charge in [0.1, 0.15) is 23.0 Å². The molecule has 0 spiro atoms. The van der Waals surface area contributed by atoms with Gasteiger partial charge in [0, 0.05) is 11.1 Å². The third kappa shape index (κ3) is 3.91. The average Bonchev–Trinajstić information content (AvgIpc) is 2.73. The van der Waals surface area contributed by atoms with Gasteiger partial charge in [0.2, 0.25) is 9.84 Å². The molecule has 0 aromatic heterocycles. The molecule has 7 heteroatoms. The van der Waals surface area contributed by atoms with E-state index in [2.05, 4.69) is 0 Å². The first kappa shape index (κ1) is 20.3. The number of phenolic OH excluding ortho intramolecular Hbond substituents is 4. The Balaban J connectivity index is 1.98. The van der Waals surface area contributed by atoms with E-state index in [-0.39, 0.29) is 43.9 Å². The molecule has 0 heterocycles. The van der Waals surface area contributed by atoms with Crippen molar-refractivity contribution in [2.24, 2.45) is 0 Å². The standard InChI is InChI=1S/C24H18O6S/c25-17-5-1-3-15(11-17)21-13-19(27)7-9-23(21)31(29,30)24-10-8-20(28)14-22(24)16-4-2-6-18(26)12-16/h1-14,25-28H. The summed E-state index contributed by atoms with van der Waals surface area (Å²) in [6, 6.07) is 19.9. The number of aromatic hydroxyl groups is 4. The van der Waals surface area contributed by atoms with Gasteiger partial charge in [-0.05, 0) is 71.8 Å². The van der Waals surface area contributed by atoms with Crippen molar-refractivity contribution in [2.75, 3.05) is 0 Å². The SMILES string of the molecule is O=S(=O)(c1ccc(O)cc1-c1cccc(O)c1)c1ccc(O)cc1-c1cccc(O)c1. The van der Waals surface area contributed by atoms with Crippen LogP contribution in [0.3, 0.4) is 0 Å². The maximum absolute atomic E-state index is 13.7. The van der Waals surface area contributed by atoms with E-state index in [1.165, 1.54) is 60.7 Å². The zero-order valence-electron chi connectivity index (χ0n) is 16.1. The van der Waals surface area contributed by atoms with Gasteiger partial charge in [0.15, 0.2) is 0 Å². The first-order valence-corrected chi connectivity index (χ1v) is 10.7. The molecule has 0 aliphatic carbocycles. The van der Waals surface area contributed by atoms with E-state index in [9.17, 15) is 28.8 Å². The number of sulfone groups is 1. The van der Waals surface area contributed by atoms with Crippen molar-refractivity contribution >= 4 is 9.84 Å². The number of hydrogen-bond donors (Lipinski definition) is 4. The van der Waals surface area contributed by atoms with Crippen molar-refractivity contribution in [2.45, 2.75) is 9.79 Å². The van der Waals surface area contributed by atoms with E-state index in [0.717, 1.165) is 0 Å². The van der Waals surface area contributed by atoms with Crippen molar-refractivity contribution in [1.29, 1.82) is 0 Å². The van der Waals surface area contributed by atoms with Crippen LogP contribution >= 0.6 is 0 Å². The second kappa shape index (κ2) is 7.70. The Morgan fingerprint density at radius 3 is 1.26 bits per heavy atom. The summed E-state index contributed by atoms with van der Waals surface area (Å²) in [6.45, 7) is 0. The van der Waals surface area contributed by atoms with Gasteiger partial charge in [-0.2, -0.15) is 0 Å². The van der Waals surface area contributed by atoms with Gasteiger partial charge in [0.25, 0.3) is 0 Å². The van der Waals surface area contributed by atoms with Crippen LogP contribution in [0.2, 0.25) is 0 Å². The number of phenols is 4. The van der Waals surface area contributed by atoms with Gasteiger partial charge >= 0.3 is 0 Å². The van der Waals surface area contributed by atoms with Gasteiger partial charge in [-0.3, -0.25) is 0 Å². The summed E-state index contributed by atoms with van der Waals surface area (Å²) in [5.74, 6) is -0.351. The monoisotopic (exact) mass is 434 g/mol. The summed E-state index contributed by atoms with van der Waals surface area (Å²) in [5, 5.41) is 39.7. The molecule has 0 saturated carbocycles. The second-order valence-electron chi connectivity index (χ2n) is 6.97. The predicted octanol–water partition coefficient (Wildman–Crippen LogP) is 4.68. The van der Waals surface area contributed by atoms with Gasteiger partial charge < -0.3 is 20.4 Å². The maximum Gasteiger partial charge on any atom is 0.207 e. The summed E-state index contributed by atoms with van der Waals surface area (Å²) in [7, 11) is -4.14. The molecule has 0 unspecified atom stereocenters. The van der Waals surface area contributed by atoms with Crippen molar-refractivity contribution in [1.82, 2.24) is 0 Å². The second-order valence-corrected chi connectivity index (χ2v) is 8.85. The fourth-order valence-electron chi connectivity index (χ4n) is 3.42. The Hall–Kier alpha value is -3.97. The van der Waals surface area contributed by atoms with Crippen LogP contribution in [0.25, 0.3) is 22.3 Å². The average molecular weight is 434 g/mol. The molecule has 0 fully saturated rings. The highest BCUT2D eigenvalue weighted by Crippen LogP contribution is 2.39. The Labute approximate surface area is 178 Å². The lowest BCUT2D eigenvalue weighted by Gasteiger charge is -2.15. The lowest BCUT2D eigenvalue weighted by Crippen LogP contribution is -2.06. The lowest BCUT2D eigenvalue weighted by atomic mass is 10.0. The summed E-state index contributed by atoms with van der Waals surface area (Å²) >= 11 is 0. The van der Waals surface area contributed by atoms with Crippen LogP contribution in [-0.2, 0) is 9.84 Å². The zero-order chi connectivity index (χ0) is 22.2. The summed E-state index contributed by atoms with van der Waals surface area (Å²) in [6.07, 6.45) is 0. The topological polar surface area (TPSA) is 115 Å². The van der Waals surface area contributed by atoms with Gasteiger partial charge in [-0.1, -0.05) is 24.3 Å². The van der Waals surface area contributed by atoms with E-state index in [1.54, 1.807) is 24.3 Å². The maximum atomic E-state index is 13.7. The molecule has 0 aliphatic rings. The predicted molar refractivity (Wildman–Crippen MR) is 116 cm³/mol. The molecule has 0 saturated heterocycles. The quantitative estimate of drug-likeness (QED) is 0.371. The Morgan fingerprint density at radius 2 is 0.871 bits per heavy atom. The third-order valence-electron chi connectivity index (χ3n) is 4.82. The van der Waals surface area contributed by atoms with E-state index in [4.69, 9.17) is 0 Å². The largest absolute Gasteiger partial charge is 0.508 e. The van der Waals surface area contributed by atoms with Crippen LogP contribution in [0.15, 0.2) is 94.7 Å². The van der Waals surface area contributed by atoms with Crippen LogP contribution in [0.5, 0.6) is 23.0 Å². The lowest BCUT2D eigenvalue weighted by molar-refractivity contribution is 0.473. The molecule has 4 aromatic rings. The first-order valence-electron chi connectivity index (χ1n) is 9.25. The summed E-state index contributed by atoms with van der Waals surface area (Å²) in [5.41, 5.74) is 1.25. The van der Waals surface area contributed by atoms with Crippen molar-refractivity contribution in [3.05, 3.63) is 84.9 Å². The number of rotatable bonds is 4. The number of benzene rings is 4. The normalized spacial score (nSPS) is 11.4. The highest BCUT2D eigenvalue weighted by Gasteiger charge is 2.26. The van der Waals surface area contributed by atoms with Gasteiger partial charge in [-0.15, -0.1) is 0 Å². The minimum Gasteiger partial charge on any atom is -0.508 e. The smallest absolute Gasteiger partial charge is 0.207 e. The molecule has 4 rings (SSSR count). The molecule has 6 nitrogen and oxygen atoms in total. The van der Waals surface area contributed by atoms with E-state index in [1.807, 2.05) is 0 Å². The van der Waals surface area contributed by atoms with E-state index < -0.39 is 9.84 Å². The molecule has 4 aromatic carbocycles. The molecule has 0 aliphatic heterocycles. The van der Waals surface area contributed by atoms with E-state index >= 15 is 0 Å². The van der Waals surface area contributed by atoms with Gasteiger partial charge in [0.05, 0.1) is 9.79 Å². The molecule has 0 radical (unpaired) electrons. The number of hydrogen-bond acceptors (Lipinski definition) is 6. The van der Waals surface area contributed by atoms with Crippen molar-refractivity contribution in [3.63, 3.8) is 0 Å². The molecular formula is C24H18O6S. The van der Waals surface area contributed by atoms with Crippen molar-refractivity contribution in [3.8, 4) is 45.3 Å². The molecule has 0 bridgehead atoms. The first-order chi connectivity index (χ1) is 14.8. The highest BCUT2D eigenvalue weighted by molar-refractivity contribution is 7.91.